The van der Waals surface area contributed by atoms with Gasteiger partial charge >= 0.3 is 5.97 Å². The fraction of sp³-hybridized carbons (Fsp3) is 0.737. The molecule has 0 saturated heterocycles. The monoisotopic (exact) mass is 290 g/mol. The molecule has 0 aliphatic carbocycles. The molecule has 0 aliphatic rings. The predicted octanol–water partition coefficient (Wildman–Crippen LogP) is 5.17. The Bertz CT molecular complexity index is 362. The number of rotatable bonds is 12. The summed E-state index contributed by atoms with van der Waals surface area (Å²) in [6.07, 6.45) is 13.8. The minimum atomic E-state index is -0.690. The molecule has 1 N–H and O–H groups in total. The smallest absolute Gasteiger partial charge is 0.303 e. The van der Waals surface area contributed by atoms with Gasteiger partial charge in [-0.1, -0.05) is 63.7 Å². The zero-order valence-corrected chi connectivity index (χ0v) is 13.5. The highest BCUT2D eigenvalue weighted by atomic mass is 16.4. The van der Waals surface area contributed by atoms with E-state index in [2.05, 4.69) is 30.6 Å². The van der Waals surface area contributed by atoms with Crippen molar-refractivity contribution in [1.29, 1.82) is 0 Å². The SMILES string of the molecule is CCCCCCCC#CC#CCCCCCCCC(=O)O. The molecule has 2 heteroatoms. The van der Waals surface area contributed by atoms with Crippen LogP contribution in [0.5, 0.6) is 0 Å². The second-order valence-electron chi connectivity index (χ2n) is 5.43. The third kappa shape index (κ3) is 18.6. The minimum absolute atomic E-state index is 0.299. The quantitative estimate of drug-likeness (QED) is 0.398. The largest absolute Gasteiger partial charge is 0.481 e. The summed E-state index contributed by atoms with van der Waals surface area (Å²) in [4.78, 5) is 10.3. The van der Waals surface area contributed by atoms with E-state index in [1.165, 1.54) is 32.1 Å². The molecule has 0 unspecified atom stereocenters. The summed E-state index contributed by atoms with van der Waals surface area (Å²) < 4.78 is 0. The Morgan fingerprint density at radius 2 is 1.24 bits per heavy atom. The van der Waals surface area contributed by atoms with Crippen molar-refractivity contribution in [3.8, 4) is 23.7 Å². The Morgan fingerprint density at radius 1 is 0.762 bits per heavy atom. The molecule has 21 heavy (non-hydrogen) atoms. The number of carboxylic acids is 1. The summed E-state index contributed by atoms with van der Waals surface area (Å²) in [5, 5.41) is 8.50. The van der Waals surface area contributed by atoms with E-state index in [4.69, 9.17) is 5.11 Å². The Morgan fingerprint density at radius 3 is 1.76 bits per heavy atom. The highest BCUT2D eigenvalue weighted by Gasteiger charge is 1.95. The lowest BCUT2D eigenvalue weighted by atomic mass is 10.1. The molecular formula is C19H30O2. The van der Waals surface area contributed by atoms with Crippen molar-refractivity contribution in [2.24, 2.45) is 0 Å². The van der Waals surface area contributed by atoms with E-state index in [-0.39, 0.29) is 0 Å². The van der Waals surface area contributed by atoms with E-state index < -0.39 is 5.97 Å². The molecule has 118 valence electrons. The zero-order chi connectivity index (χ0) is 15.6. The number of carbonyl (C=O) groups is 1. The van der Waals surface area contributed by atoms with Gasteiger partial charge in [0.05, 0.1) is 0 Å². The number of aliphatic carboxylic acids is 1. The molecule has 0 atom stereocenters. The Labute approximate surface area is 130 Å². The van der Waals surface area contributed by atoms with E-state index in [0.717, 1.165) is 44.9 Å². The first-order valence-corrected chi connectivity index (χ1v) is 8.45. The van der Waals surface area contributed by atoms with Gasteiger partial charge in [-0.15, -0.1) is 0 Å². The number of hydrogen-bond acceptors (Lipinski definition) is 1. The van der Waals surface area contributed by atoms with E-state index in [0.29, 0.717) is 6.42 Å². The number of hydrogen-bond donors (Lipinski definition) is 1. The first-order valence-electron chi connectivity index (χ1n) is 8.45. The van der Waals surface area contributed by atoms with Crippen LogP contribution in [0.15, 0.2) is 0 Å². The lowest BCUT2D eigenvalue weighted by Crippen LogP contribution is -1.93. The van der Waals surface area contributed by atoms with Crippen molar-refractivity contribution < 1.29 is 9.90 Å². The summed E-state index contributed by atoms with van der Waals surface area (Å²) in [7, 11) is 0. The normalized spacial score (nSPS) is 9.38. The maximum atomic E-state index is 10.3. The molecule has 0 aromatic heterocycles. The topological polar surface area (TPSA) is 37.3 Å². The second kappa shape index (κ2) is 16.6. The van der Waals surface area contributed by atoms with Crippen molar-refractivity contribution in [2.75, 3.05) is 0 Å². The molecule has 0 radical (unpaired) electrons. The highest BCUT2D eigenvalue weighted by Crippen LogP contribution is 2.06. The molecule has 0 bridgehead atoms. The summed E-state index contributed by atoms with van der Waals surface area (Å²) in [5.41, 5.74) is 0. The minimum Gasteiger partial charge on any atom is -0.481 e. The molecule has 0 aromatic rings. The maximum absolute atomic E-state index is 10.3. The lowest BCUT2D eigenvalue weighted by molar-refractivity contribution is -0.137. The molecule has 0 rings (SSSR count). The first kappa shape index (κ1) is 19.6. The van der Waals surface area contributed by atoms with E-state index >= 15 is 0 Å². The van der Waals surface area contributed by atoms with Gasteiger partial charge in [-0.05, 0) is 31.1 Å². The van der Waals surface area contributed by atoms with Crippen LogP contribution in [0.4, 0.5) is 0 Å². The summed E-state index contributed by atoms with van der Waals surface area (Å²) >= 11 is 0. The maximum Gasteiger partial charge on any atom is 0.303 e. The molecule has 0 aromatic carbocycles. The Hall–Kier alpha value is -1.41. The van der Waals surface area contributed by atoms with Crippen LogP contribution in [0.2, 0.25) is 0 Å². The van der Waals surface area contributed by atoms with Crippen molar-refractivity contribution in [2.45, 2.75) is 90.4 Å². The van der Waals surface area contributed by atoms with E-state index in [1.807, 2.05) is 0 Å². The third-order valence-corrected chi connectivity index (χ3v) is 3.34. The number of carboxylic acid groups (broad SMARTS) is 1. The van der Waals surface area contributed by atoms with Crippen LogP contribution >= 0.6 is 0 Å². The molecule has 0 amide bonds. The van der Waals surface area contributed by atoms with Crippen molar-refractivity contribution >= 4 is 5.97 Å². The van der Waals surface area contributed by atoms with E-state index in [9.17, 15) is 4.79 Å². The van der Waals surface area contributed by atoms with Crippen molar-refractivity contribution in [3.63, 3.8) is 0 Å². The molecule has 2 nitrogen and oxygen atoms in total. The average Bonchev–Trinajstić information content (AvgIpc) is 2.46. The summed E-state index contributed by atoms with van der Waals surface area (Å²) in [6, 6.07) is 0. The zero-order valence-electron chi connectivity index (χ0n) is 13.5. The molecule has 0 spiro atoms. The third-order valence-electron chi connectivity index (χ3n) is 3.34. The molecule has 0 aliphatic heterocycles. The summed E-state index contributed by atoms with van der Waals surface area (Å²) in [5.74, 6) is 11.3. The highest BCUT2D eigenvalue weighted by molar-refractivity contribution is 5.66. The van der Waals surface area contributed by atoms with Gasteiger partial charge in [0, 0.05) is 19.3 Å². The Kier molecular flexibility index (Phi) is 15.5. The van der Waals surface area contributed by atoms with Gasteiger partial charge in [0.1, 0.15) is 0 Å². The fourth-order valence-corrected chi connectivity index (χ4v) is 2.05. The van der Waals surface area contributed by atoms with Gasteiger partial charge in [-0.25, -0.2) is 0 Å². The number of unbranched alkanes of at least 4 members (excludes halogenated alkanes) is 10. The molecular weight excluding hydrogens is 260 g/mol. The van der Waals surface area contributed by atoms with Gasteiger partial charge in [0.15, 0.2) is 0 Å². The average molecular weight is 290 g/mol. The van der Waals surface area contributed by atoms with Crippen LogP contribution in [-0.4, -0.2) is 11.1 Å². The molecule has 0 fully saturated rings. The molecule has 0 heterocycles. The van der Waals surface area contributed by atoms with Gasteiger partial charge in [0.2, 0.25) is 0 Å². The van der Waals surface area contributed by atoms with Gasteiger partial charge in [-0.3, -0.25) is 4.79 Å². The van der Waals surface area contributed by atoms with Gasteiger partial charge in [-0.2, -0.15) is 0 Å². The second-order valence-corrected chi connectivity index (χ2v) is 5.43. The first-order chi connectivity index (χ1) is 10.3. The standard InChI is InChI=1S/C19H30O2/c1-2-3-4-5-6-7-8-9-10-11-12-13-14-15-16-17-18-19(20)21/h2-7,12-18H2,1H3,(H,20,21). The van der Waals surface area contributed by atoms with Crippen molar-refractivity contribution in [1.82, 2.24) is 0 Å². The van der Waals surface area contributed by atoms with Crippen molar-refractivity contribution in [3.05, 3.63) is 0 Å². The van der Waals surface area contributed by atoms with Crippen LogP contribution in [0.25, 0.3) is 0 Å². The predicted molar refractivity (Wildman–Crippen MR) is 88.9 cm³/mol. The summed E-state index contributed by atoms with van der Waals surface area (Å²) in [6.45, 7) is 2.23. The van der Waals surface area contributed by atoms with Crippen LogP contribution < -0.4 is 0 Å². The lowest BCUT2D eigenvalue weighted by Gasteiger charge is -1.97. The van der Waals surface area contributed by atoms with Gasteiger partial charge in [0.25, 0.3) is 0 Å². The van der Waals surface area contributed by atoms with Crippen LogP contribution in [0, 0.1) is 23.7 Å². The van der Waals surface area contributed by atoms with Crippen LogP contribution in [0.1, 0.15) is 90.4 Å². The van der Waals surface area contributed by atoms with E-state index in [1.54, 1.807) is 0 Å². The van der Waals surface area contributed by atoms with Crippen LogP contribution in [0.3, 0.4) is 0 Å². The Balaban J connectivity index is 3.28. The fourth-order valence-electron chi connectivity index (χ4n) is 2.05. The van der Waals surface area contributed by atoms with Crippen LogP contribution in [-0.2, 0) is 4.79 Å². The van der Waals surface area contributed by atoms with Gasteiger partial charge < -0.3 is 5.11 Å². The molecule has 0 saturated carbocycles.